The van der Waals surface area contributed by atoms with Gasteiger partial charge in [0.05, 0.1) is 17.7 Å². The van der Waals surface area contributed by atoms with Crippen molar-refractivity contribution in [2.75, 3.05) is 7.05 Å². The number of carbonyl (C=O) groups excluding carboxylic acids is 1. The van der Waals surface area contributed by atoms with Gasteiger partial charge in [-0.2, -0.15) is 0 Å². The second-order valence-corrected chi connectivity index (χ2v) is 8.13. The summed E-state index contributed by atoms with van der Waals surface area (Å²) in [4.78, 5) is 19.7. The number of aromatic nitrogens is 1. The number of aryl methyl sites for hydroxylation is 1. The predicted molar refractivity (Wildman–Crippen MR) is 86.1 cm³/mol. The van der Waals surface area contributed by atoms with Crippen molar-refractivity contribution in [2.24, 2.45) is 23.2 Å². The maximum absolute atomic E-state index is 13.2. The highest BCUT2D eigenvalue weighted by atomic mass is 16.2. The first kappa shape index (κ1) is 14.2. The van der Waals surface area contributed by atoms with Crippen LogP contribution in [0.1, 0.15) is 49.9 Å². The number of hydrogen-bond acceptors (Lipinski definition) is 2. The van der Waals surface area contributed by atoms with E-state index in [1.54, 1.807) is 0 Å². The zero-order valence-electron chi connectivity index (χ0n) is 13.7. The Bertz CT molecular complexity index is 560. The van der Waals surface area contributed by atoms with Gasteiger partial charge in [0.2, 0.25) is 5.91 Å². The van der Waals surface area contributed by atoms with Gasteiger partial charge in [0.25, 0.3) is 0 Å². The topological polar surface area (TPSA) is 33.2 Å². The first-order chi connectivity index (χ1) is 10.5. The van der Waals surface area contributed by atoms with Crippen LogP contribution < -0.4 is 0 Å². The van der Waals surface area contributed by atoms with Crippen molar-refractivity contribution in [3.63, 3.8) is 0 Å². The molecule has 0 radical (unpaired) electrons. The van der Waals surface area contributed by atoms with Crippen molar-refractivity contribution >= 4 is 5.91 Å². The molecule has 4 bridgehead atoms. The van der Waals surface area contributed by atoms with E-state index >= 15 is 0 Å². The van der Waals surface area contributed by atoms with Gasteiger partial charge in [-0.3, -0.25) is 9.78 Å². The Kier molecular flexibility index (Phi) is 3.28. The summed E-state index contributed by atoms with van der Waals surface area (Å²) in [6, 6.07) is 6.06. The molecule has 1 aromatic heterocycles. The van der Waals surface area contributed by atoms with Gasteiger partial charge in [-0.15, -0.1) is 0 Å². The van der Waals surface area contributed by atoms with Crippen LogP contribution in [0.2, 0.25) is 0 Å². The van der Waals surface area contributed by atoms with Crippen molar-refractivity contribution in [1.82, 2.24) is 9.88 Å². The molecule has 3 nitrogen and oxygen atoms in total. The number of amides is 1. The Morgan fingerprint density at radius 1 is 1.18 bits per heavy atom. The largest absolute Gasteiger partial charge is 0.339 e. The molecule has 0 N–H and O–H groups in total. The highest BCUT2D eigenvalue weighted by Gasteiger charge is 2.55. The molecule has 0 unspecified atom stereocenters. The minimum Gasteiger partial charge on any atom is -0.339 e. The van der Waals surface area contributed by atoms with Gasteiger partial charge in [0.1, 0.15) is 0 Å². The molecule has 1 heterocycles. The summed E-state index contributed by atoms with van der Waals surface area (Å²) in [5.41, 5.74) is 1.99. The summed E-state index contributed by atoms with van der Waals surface area (Å²) in [5, 5.41) is 0. The summed E-state index contributed by atoms with van der Waals surface area (Å²) < 4.78 is 0. The van der Waals surface area contributed by atoms with Gasteiger partial charge in [-0.05, 0) is 75.3 Å². The molecule has 4 saturated carbocycles. The lowest BCUT2D eigenvalue weighted by atomic mass is 9.49. The minimum absolute atomic E-state index is 0.0344. The lowest BCUT2D eigenvalue weighted by Gasteiger charge is -2.56. The molecule has 0 aliphatic heterocycles. The normalized spacial score (nSPS) is 35.6. The van der Waals surface area contributed by atoms with E-state index in [4.69, 9.17) is 0 Å². The molecule has 118 valence electrons. The fourth-order valence-corrected chi connectivity index (χ4v) is 5.78. The van der Waals surface area contributed by atoms with Crippen LogP contribution in [-0.4, -0.2) is 22.8 Å². The molecule has 0 atom stereocenters. The van der Waals surface area contributed by atoms with Crippen molar-refractivity contribution in [3.8, 4) is 0 Å². The van der Waals surface area contributed by atoms with Crippen LogP contribution in [-0.2, 0) is 11.3 Å². The van der Waals surface area contributed by atoms with Crippen molar-refractivity contribution < 1.29 is 4.79 Å². The van der Waals surface area contributed by atoms with Gasteiger partial charge >= 0.3 is 0 Å². The zero-order chi connectivity index (χ0) is 15.3. The van der Waals surface area contributed by atoms with E-state index in [1.807, 2.05) is 37.1 Å². The first-order valence-corrected chi connectivity index (χ1v) is 8.72. The predicted octanol–water partition coefficient (Wildman–Crippen LogP) is 3.56. The van der Waals surface area contributed by atoms with Crippen LogP contribution in [0.25, 0.3) is 0 Å². The molecule has 1 amide bonds. The molecule has 22 heavy (non-hydrogen) atoms. The zero-order valence-corrected chi connectivity index (χ0v) is 13.7. The fourth-order valence-electron chi connectivity index (χ4n) is 5.78. The molecule has 1 aromatic rings. The number of rotatable bonds is 3. The quantitative estimate of drug-likeness (QED) is 0.855. The van der Waals surface area contributed by atoms with E-state index in [-0.39, 0.29) is 5.41 Å². The molecule has 4 fully saturated rings. The second-order valence-electron chi connectivity index (χ2n) is 8.13. The molecule has 0 spiro atoms. The number of nitrogens with zero attached hydrogens (tertiary/aromatic N) is 2. The third-order valence-corrected chi connectivity index (χ3v) is 6.18. The van der Waals surface area contributed by atoms with Crippen molar-refractivity contribution in [2.45, 2.75) is 52.0 Å². The molecule has 4 aliphatic carbocycles. The van der Waals surface area contributed by atoms with Crippen molar-refractivity contribution in [3.05, 3.63) is 29.6 Å². The molecule has 3 heteroatoms. The van der Waals surface area contributed by atoms with E-state index in [1.165, 1.54) is 19.3 Å². The lowest BCUT2D eigenvalue weighted by Crippen LogP contribution is -2.53. The van der Waals surface area contributed by atoms with E-state index in [0.717, 1.165) is 48.4 Å². The Morgan fingerprint density at radius 3 is 2.32 bits per heavy atom. The van der Waals surface area contributed by atoms with E-state index in [0.29, 0.717) is 12.5 Å². The van der Waals surface area contributed by atoms with Gasteiger partial charge in [0, 0.05) is 12.7 Å². The molecule has 0 saturated heterocycles. The van der Waals surface area contributed by atoms with Crippen LogP contribution in [0.4, 0.5) is 0 Å². The Morgan fingerprint density at radius 2 is 1.77 bits per heavy atom. The van der Waals surface area contributed by atoms with Gasteiger partial charge in [-0.25, -0.2) is 0 Å². The summed E-state index contributed by atoms with van der Waals surface area (Å²) in [5.74, 6) is 2.84. The molecule has 4 aliphatic rings. The van der Waals surface area contributed by atoms with Crippen molar-refractivity contribution in [1.29, 1.82) is 0 Å². The fraction of sp³-hybridized carbons (Fsp3) is 0.684. The maximum Gasteiger partial charge on any atom is 0.228 e. The summed E-state index contributed by atoms with van der Waals surface area (Å²) in [6.07, 6.45) is 7.58. The summed E-state index contributed by atoms with van der Waals surface area (Å²) in [6.45, 7) is 2.65. The summed E-state index contributed by atoms with van der Waals surface area (Å²) >= 11 is 0. The third-order valence-electron chi connectivity index (χ3n) is 6.18. The van der Waals surface area contributed by atoms with Gasteiger partial charge in [0.15, 0.2) is 0 Å². The number of hydrogen-bond donors (Lipinski definition) is 0. The van der Waals surface area contributed by atoms with E-state index in [2.05, 4.69) is 4.98 Å². The minimum atomic E-state index is -0.0344. The highest BCUT2D eigenvalue weighted by molar-refractivity contribution is 5.83. The van der Waals surface area contributed by atoms with Gasteiger partial charge < -0.3 is 4.90 Å². The Labute approximate surface area is 133 Å². The van der Waals surface area contributed by atoms with Crippen LogP contribution >= 0.6 is 0 Å². The van der Waals surface area contributed by atoms with E-state index < -0.39 is 0 Å². The Hall–Kier alpha value is -1.38. The number of pyridine rings is 1. The summed E-state index contributed by atoms with van der Waals surface area (Å²) in [7, 11) is 1.96. The maximum atomic E-state index is 13.2. The number of carbonyl (C=O) groups is 1. The molecular weight excluding hydrogens is 272 g/mol. The Balaban J connectivity index is 1.51. The van der Waals surface area contributed by atoms with Crippen LogP contribution in [0.15, 0.2) is 18.2 Å². The molecule has 0 aromatic carbocycles. The van der Waals surface area contributed by atoms with Gasteiger partial charge in [-0.1, -0.05) is 6.07 Å². The first-order valence-electron chi connectivity index (χ1n) is 8.72. The molecule has 5 rings (SSSR count). The monoisotopic (exact) mass is 298 g/mol. The lowest BCUT2D eigenvalue weighted by molar-refractivity contribution is -0.156. The highest BCUT2D eigenvalue weighted by Crippen LogP contribution is 2.60. The second kappa shape index (κ2) is 5.07. The third kappa shape index (κ3) is 2.35. The average Bonchev–Trinajstić information content (AvgIpc) is 2.45. The van der Waals surface area contributed by atoms with Crippen LogP contribution in [0.5, 0.6) is 0 Å². The van der Waals surface area contributed by atoms with Crippen LogP contribution in [0.3, 0.4) is 0 Å². The SMILES string of the molecule is Cc1cccc(CN(C)C(=O)C23CC4CC(CC(C4)C2)C3)n1. The van der Waals surface area contributed by atoms with Crippen LogP contribution in [0, 0.1) is 30.1 Å². The molecular formula is C19H26N2O. The standard InChI is InChI=1S/C19H26N2O/c1-13-4-3-5-17(20-13)12-21(2)18(22)19-9-14-6-15(10-19)8-16(7-14)11-19/h3-5,14-16H,6-12H2,1-2H3. The average molecular weight is 298 g/mol. The van der Waals surface area contributed by atoms with E-state index in [9.17, 15) is 4.79 Å². The smallest absolute Gasteiger partial charge is 0.228 e.